The lowest BCUT2D eigenvalue weighted by molar-refractivity contribution is 0.0736. The highest BCUT2D eigenvalue weighted by Crippen LogP contribution is 2.29. The molecule has 1 N–H and O–H groups in total. The van der Waals surface area contributed by atoms with Gasteiger partial charge in [-0.2, -0.15) is 0 Å². The van der Waals surface area contributed by atoms with Crippen LogP contribution in [0.2, 0.25) is 0 Å². The molecule has 0 fully saturated rings. The highest BCUT2D eigenvalue weighted by molar-refractivity contribution is 7.15. The minimum absolute atomic E-state index is 0.00253. The Morgan fingerprint density at radius 1 is 0.906 bits per heavy atom. The molecule has 5 rings (SSSR count). The van der Waals surface area contributed by atoms with E-state index in [2.05, 4.69) is 27.4 Å². The van der Waals surface area contributed by atoms with Crippen LogP contribution >= 0.6 is 11.3 Å². The molecular formula is C25H20N4O2S. The zero-order valence-corrected chi connectivity index (χ0v) is 18.0. The van der Waals surface area contributed by atoms with Crippen LogP contribution in [0.25, 0.3) is 11.1 Å². The zero-order chi connectivity index (χ0) is 21.9. The van der Waals surface area contributed by atoms with Gasteiger partial charge in [0.2, 0.25) is 0 Å². The first-order chi connectivity index (χ1) is 15.7. The van der Waals surface area contributed by atoms with Crippen molar-refractivity contribution in [1.29, 1.82) is 0 Å². The Morgan fingerprint density at radius 3 is 2.41 bits per heavy atom. The van der Waals surface area contributed by atoms with Crippen LogP contribution < -0.4 is 5.32 Å². The SMILES string of the molecule is O=C(Nc1nc2c(s1)CN(C(=O)c1ccc(-c3ccccc3)cc1)CC2)c1ccccn1. The van der Waals surface area contributed by atoms with E-state index in [4.69, 9.17) is 0 Å². The third kappa shape index (κ3) is 4.15. The summed E-state index contributed by atoms with van der Waals surface area (Å²) >= 11 is 1.41. The Kier molecular flexibility index (Phi) is 5.47. The summed E-state index contributed by atoms with van der Waals surface area (Å²) < 4.78 is 0. The quantitative estimate of drug-likeness (QED) is 0.501. The molecule has 6 nitrogen and oxygen atoms in total. The molecule has 7 heteroatoms. The third-order valence-electron chi connectivity index (χ3n) is 5.38. The molecule has 0 radical (unpaired) electrons. The number of nitrogens with one attached hydrogen (secondary N) is 1. The summed E-state index contributed by atoms with van der Waals surface area (Å²) in [5.41, 5.74) is 4.16. The Morgan fingerprint density at radius 2 is 1.66 bits per heavy atom. The maximum absolute atomic E-state index is 13.1. The number of nitrogens with zero attached hydrogens (tertiary/aromatic N) is 3. The molecule has 0 bridgehead atoms. The van der Waals surface area contributed by atoms with E-state index >= 15 is 0 Å². The van der Waals surface area contributed by atoms with E-state index in [0.717, 1.165) is 21.7 Å². The topological polar surface area (TPSA) is 75.2 Å². The number of benzene rings is 2. The maximum atomic E-state index is 13.1. The summed E-state index contributed by atoms with van der Waals surface area (Å²) in [5.74, 6) is -0.286. The van der Waals surface area contributed by atoms with E-state index in [1.807, 2.05) is 47.4 Å². The fourth-order valence-electron chi connectivity index (χ4n) is 3.70. The van der Waals surface area contributed by atoms with Gasteiger partial charge in [-0.05, 0) is 35.4 Å². The van der Waals surface area contributed by atoms with E-state index < -0.39 is 0 Å². The van der Waals surface area contributed by atoms with Crippen LogP contribution in [0.15, 0.2) is 79.0 Å². The number of anilines is 1. The van der Waals surface area contributed by atoms with Gasteiger partial charge in [0.15, 0.2) is 5.13 Å². The van der Waals surface area contributed by atoms with Gasteiger partial charge in [-0.3, -0.25) is 19.9 Å². The first-order valence-electron chi connectivity index (χ1n) is 10.3. The largest absolute Gasteiger partial charge is 0.333 e. The van der Waals surface area contributed by atoms with Crippen LogP contribution in [0.5, 0.6) is 0 Å². The number of pyridine rings is 1. The van der Waals surface area contributed by atoms with Crippen molar-refractivity contribution in [1.82, 2.24) is 14.9 Å². The lowest BCUT2D eigenvalue weighted by atomic mass is 10.0. The molecule has 1 aliphatic rings. The summed E-state index contributed by atoms with van der Waals surface area (Å²) in [7, 11) is 0. The van der Waals surface area contributed by atoms with E-state index in [0.29, 0.717) is 35.9 Å². The smallest absolute Gasteiger partial charge is 0.276 e. The van der Waals surface area contributed by atoms with Crippen LogP contribution in [0.3, 0.4) is 0 Å². The Bertz CT molecular complexity index is 1250. The van der Waals surface area contributed by atoms with Crippen molar-refractivity contribution in [2.24, 2.45) is 0 Å². The zero-order valence-electron chi connectivity index (χ0n) is 17.2. The molecule has 158 valence electrons. The van der Waals surface area contributed by atoms with Gasteiger partial charge in [0.05, 0.1) is 12.2 Å². The van der Waals surface area contributed by atoms with Crippen LogP contribution in [-0.4, -0.2) is 33.2 Å². The predicted molar refractivity (Wildman–Crippen MR) is 125 cm³/mol. The van der Waals surface area contributed by atoms with Gasteiger partial charge in [0.25, 0.3) is 11.8 Å². The predicted octanol–water partition coefficient (Wildman–Crippen LogP) is 4.66. The number of thiazole rings is 1. The van der Waals surface area contributed by atoms with Crippen LogP contribution in [0.1, 0.15) is 31.4 Å². The summed E-state index contributed by atoms with van der Waals surface area (Å²) in [6, 6.07) is 23.0. The van der Waals surface area contributed by atoms with E-state index in [1.165, 1.54) is 11.3 Å². The van der Waals surface area contributed by atoms with Crippen molar-refractivity contribution >= 4 is 28.3 Å². The van der Waals surface area contributed by atoms with Gasteiger partial charge in [-0.1, -0.05) is 59.9 Å². The normalized spacial score (nSPS) is 12.8. The van der Waals surface area contributed by atoms with E-state index in [-0.39, 0.29) is 11.8 Å². The highest BCUT2D eigenvalue weighted by Gasteiger charge is 2.25. The number of aromatic nitrogens is 2. The molecule has 0 unspecified atom stereocenters. The molecule has 0 saturated heterocycles. The van der Waals surface area contributed by atoms with Crippen molar-refractivity contribution in [2.75, 3.05) is 11.9 Å². The van der Waals surface area contributed by atoms with Crippen molar-refractivity contribution in [2.45, 2.75) is 13.0 Å². The van der Waals surface area contributed by atoms with Gasteiger partial charge < -0.3 is 4.90 Å². The van der Waals surface area contributed by atoms with Gasteiger partial charge in [0, 0.05) is 29.6 Å². The first kappa shape index (κ1) is 20.1. The monoisotopic (exact) mass is 440 g/mol. The van der Waals surface area contributed by atoms with Crippen LogP contribution in [0.4, 0.5) is 5.13 Å². The Labute approximate surface area is 189 Å². The Hall–Kier alpha value is -3.84. The highest BCUT2D eigenvalue weighted by atomic mass is 32.1. The lowest BCUT2D eigenvalue weighted by Crippen LogP contribution is -2.35. The molecule has 32 heavy (non-hydrogen) atoms. The second-order valence-electron chi connectivity index (χ2n) is 7.48. The molecule has 0 atom stereocenters. The number of hydrogen-bond acceptors (Lipinski definition) is 5. The molecule has 0 aliphatic carbocycles. The summed E-state index contributed by atoms with van der Waals surface area (Å²) in [6.07, 6.45) is 2.25. The first-order valence-corrected chi connectivity index (χ1v) is 11.1. The van der Waals surface area contributed by atoms with Crippen molar-refractivity contribution < 1.29 is 9.59 Å². The molecule has 2 amide bonds. The summed E-state index contributed by atoms with van der Waals surface area (Å²) in [6.45, 7) is 1.09. The molecule has 1 aliphatic heterocycles. The molecule has 4 aromatic rings. The number of carbonyl (C=O) groups is 2. The van der Waals surface area contributed by atoms with Crippen molar-refractivity contribution in [3.05, 3.63) is 101 Å². The second kappa shape index (κ2) is 8.72. The molecule has 2 aromatic carbocycles. The van der Waals surface area contributed by atoms with Crippen LogP contribution in [-0.2, 0) is 13.0 Å². The van der Waals surface area contributed by atoms with E-state index in [9.17, 15) is 9.59 Å². The van der Waals surface area contributed by atoms with Crippen molar-refractivity contribution in [3.8, 4) is 11.1 Å². The molecule has 0 spiro atoms. The average molecular weight is 441 g/mol. The van der Waals surface area contributed by atoms with Crippen LogP contribution in [0, 0.1) is 0 Å². The number of fused-ring (bicyclic) bond motifs is 1. The second-order valence-corrected chi connectivity index (χ2v) is 8.56. The average Bonchev–Trinajstić information content (AvgIpc) is 3.26. The number of hydrogen-bond donors (Lipinski definition) is 1. The van der Waals surface area contributed by atoms with Gasteiger partial charge >= 0.3 is 0 Å². The molecular weight excluding hydrogens is 420 g/mol. The standard InChI is InChI=1S/C25H20N4O2S/c30-23(21-8-4-5-14-26-21)28-25-27-20-13-15-29(16-22(20)32-25)24(31)19-11-9-18(10-12-19)17-6-2-1-3-7-17/h1-12,14H,13,15-16H2,(H,27,28,30). The van der Waals surface area contributed by atoms with Gasteiger partial charge in [-0.15, -0.1) is 0 Å². The number of carbonyl (C=O) groups excluding carboxylic acids is 2. The summed E-state index contributed by atoms with van der Waals surface area (Å²) in [4.78, 5) is 36.9. The number of amides is 2. The van der Waals surface area contributed by atoms with Crippen molar-refractivity contribution in [3.63, 3.8) is 0 Å². The minimum atomic E-state index is -0.289. The van der Waals surface area contributed by atoms with Gasteiger partial charge in [-0.25, -0.2) is 4.98 Å². The Balaban J connectivity index is 1.27. The molecule has 3 heterocycles. The number of rotatable bonds is 4. The lowest BCUT2D eigenvalue weighted by Gasteiger charge is -2.26. The molecule has 2 aromatic heterocycles. The van der Waals surface area contributed by atoms with E-state index in [1.54, 1.807) is 24.4 Å². The fraction of sp³-hybridized carbons (Fsp3) is 0.120. The fourth-order valence-corrected chi connectivity index (χ4v) is 4.72. The third-order valence-corrected chi connectivity index (χ3v) is 6.37. The maximum Gasteiger partial charge on any atom is 0.276 e. The van der Waals surface area contributed by atoms with Gasteiger partial charge in [0.1, 0.15) is 5.69 Å². The molecule has 0 saturated carbocycles. The minimum Gasteiger partial charge on any atom is -0.333 e. The summed E-state index contributed by atoms with van der Waals surface area (Å²) in [5, 5.41) is 3.35.